The van der Waals surface area contributed by atoms with Gasteiger partial charge >= 0.3 is 0 Å². The first kappa shape index (κ1) is 17.6. The lowest BCUT2D eigenvalue weighted by Crippen LogP contribution is -2.08. The lowest BCUT2D eigenvalue weighted by atomic mass is 9.96. The van der Waals surface area contributed by atoms with E-state index in [9.17, 15) is 0 Å². The Kier molecular flexibility index (Phi) is 6.02. The summed E-state index contributed by atoms with van der Waals surface area (Å²) in [6.07, 6.45) is 7.90. The van der Waals surface area contributed by atoms with Gasteiger partial charge in [0.05, 0.1) is 0 Å². The molecule has 0 saturated carbocycles. The van der Waals surface area contributed by atoms with Gasteiger partial charge < -0.3 is 9.80 Å². The Morgan fingerprint density at radius 3 is 1.46 bits per heavy atom. The molecule has 2 rings (SSSR count). The van der Waals surface area contributed by atoms with Gasteiger partial charge in [0.25, 0.3) is 0 Å². The number of rotatable bonds is 6. The topological polar surface area (TPSA) is 6.48 Å². The molecule has 0 saturated heterocycles. The minimum atomic E-state index is 1.20. The zero-order chi connectivity index (χ0) is 17.5. The van der Waals surface area contributed by atoms with Crippen molar-refractivity contribution in [2.45, 2.75) is 0 Å². The summed E-state index contributed by atoms with van der Waals surface area (Å²) >= 11 is 0. The number of hydrogen-bond donors (Lipinski definition) is 0. The molecule has 124 valence electrons. The number of allylic oxidation sites excluding steroid dienone is 4. The molecule has 0 spiro atoms. The van der Waals surface area contributed by atoms with Gasteiger partial charge in [0.2, 0.25) is 0 Å². The monoisotopic (exact) mass is 318 g/mol. The van der Waals surface area contributed by atoms with Gasteiger partial charge in [0.15, 0.2) is 0 Å². The summed E-state index contributed by atoms with van der Waals surface area (Å²) in [5.74, 6) is 0. The minimum absolute atomic E-state index is 1.20. The molecule has 0 aliphatic rings. The van der Waals surface area contributed by atoms with Crippen LogP contribution < -0.4 is 9.80 Å². The van der Waals surface area contributed by atoms with Crippen LogP contribution in [0.15, 0.2) is 79.4 Å². The zero-order valence-electron chi connectivity index (χ0n) is 15.0. The van der Waals surface area contributed by atoms with E-state index in [0.717, 1.165) is 0 Å². The lowest BCUT2D eigenvalue weighted by molar-refractivity contribution is 1.13. The van der Waals surface area contributed by atoms with Crippen LogP contribution in [0.2, 0.25) is 0 Å². The third-order valence-corrected chi connectivity index (χ3v) is 3.90. The van der Waals surface area contributed by atoms with E-state index in [1.165, 1.54) is 28.1 Å². The summed E-state index contributed by atoms with van der Waals surface area (Å²) in [6.45, 7) is 3.74. The average molecular weight is 318 g/mol. The SMILES string of the molecule is C=CC=CC=C(c1ccc(N(C)C)cc1)c1ccc(N(C)C)cc1. The molecule has 2 nitrogen and oxygen atoms in total. The molecule has 2 heteroatoms. The van der Waals surface area contributed by atoms with Gasteiger partial charge in [0.1, 0.15) is 0 Å². The van der Waals surface area contributed by atoms with E-state index < -0.39 is 0 Å². The molecule has 0 amide bonds. The normalized spacial score (nSPS) is 10.5. The third-order valence-electron chi connectivity index (χ3n) is 3.90. The highest BCUT2D eigenvalue weighted by Crippen LogP contribution is 2.27. The molecule has 24 heavy (non-hydrogen) atoms. The highest BCUT2D eigenvalue weighted by atomic mass is 15.1. The van der Waals surface area contributed by atoms with Crippen molar-refractivity contribution in [1.29, 1.82) is 0 Å². The maximum Gasteiger partial charge on any atom is 0.0361 e. The van der Waals surface area contributed by atoms with Crippen molar-refractivity contribution in [3.8, 4) is 0 Å². The minimum Gasteiger partial charge on any atom is -0.378 e. The molecular weight excluding hydrogens is 292 g/mol. The molecule has 0 unspecified atom stereocenters. The second-order valence-corrected chi connectivity index (χ2v) is 6.08. The summed E-state index contributed by atoms with van der Waals surface area (Å²) < 4.78 is 0. The molecule has 0 atom stereocenters. The van der Waals surface area contributed by atoms with Gasteiger partial charge in [-0.1, -0.05) is 55.1 Å². The Morgan fingerprint density at radius 1 is 0.708 bits per heavy atom. The predicted octanol–water partition coefficient (Wildman–Crippen LogP) is 4.99. The second kappa shape index (κ2) is 8.21. The molecule has 0 radical (unpaired) electrons. The van der Waals surface area contributed by atoms with Gasteiger partial charge in [-0.2, -0.15) is 0 Å². The molecule has 0 N–H and O–H groups in total. The van der Waals surface area contributed by atoms with Crippen molar-refractivity contribution in [1.82, 2.24) is 0 Å². The number of anilines is 2. The lowest BCUT2D eigenvalue weighted by Gasteiger charge is -2.15. The quantitative estimate of drug-likeness (QED) is 0.692. The first-order valence-electron chi connectivity index (χ1n) is 8.08. The number of benzene rings is 2. The fourth-order valence-corrected chi connectivity index (χ4v) is 2.47. The van der Waals surface area contributed by atoms with Crippen LogP contribution in [-0.2, 0) is 0 Å². The standard InChI is InChI=1S/C22H26N2/c1-6-7-8-9-22(18-10-14-20(15-11-18)23(2)3)19-12-16-21(17-13-19)24(4)5/h6-17H,1H2,2-5H3. The third kappa shape index (κ3) is 4.39. The molecule has 0 aromatic heterocycles. The van der Waals surface area contributed by atoms with Gasteiger partial charge in [0, 0.05) is 39.6 Å². The van der Waals surface area contributed by atoms with E-state index in [2.05, 4.69) is 99.2 Å². The Hall–Kier alpha value is -2.74. The zero-order valence-corrected chi connectivity index (χ0v) is 15.0. The molecule has 0 aliphatic heterocycles. The predicted molar refractivity (Wildman–Crippen MR) is 108 cm³/mol. The highest BCUT2D eigenvalue weighted by molar-refractivity contribution is 5.82. The van der Waals surface area contributed by atoms with E-state index in [4.69, 9.17) is 0 Å². The first-order chi connectivity index (χ1) is 11.5. The summed E-state index contributed by atoms with van der Waals surface area (Å²) in [6, 6.07) is 17.3. The highest BCUT2D eigenvalue weighted by Gasteiger charge is 2.06. The van der Waals surface area contributed by atoms with Crippen molar-refractivity contribution < 1.29 is 0 Å². The van der Waals surface area contributed by atoms with Gasteiger partial charge in [-0.3, -0.25) is 0 Å². The van der Waals surface area contributed by atoms with E-state index in [0.29, 0.717) is 0 Å². The van der Waals surface area contributed by atoms with Gasteiger partial charge in [-0.25, -0.2) is 0 Å². The number of nitrogens with zero attached hydrogens (tertiary/aromatic N) is 2. The maximum absolute atomic E-state index is 3.74. The Balaban J connectivity index is 2.42. The van der Waals surface area contributed by atoms with Crippen molar-refractivity contribution in [2.75, 3.05) is 38.0 Å². The largest absolute Gasteiger partial charge is 0.378 e. The van der Waals surface area contributed by atoms with Gasteiger partial charge in [-0.05, 0) is 41.0 Å². The van der Waals surface area contributed by atoms with E-state index in [1.54, 1.807) is 6.08 Å². The fraction of sp³-hybridized carbons (Fsp3) is 0.182. The van der Waals surface area contributed by atoms with Crippen molar-refractivity contribution >= 4 is 16.9 Å². The summed E-state index contributed by atoms with van der Waals surface area (Å²) in [5.41, 5.74) is 5.99. The van der Waals surface area contributed by atoms with Gasteiger partial charge in [-0.15, -0.1) is 0 Å². The van der Waals surface area contributed by atoms with E-state index in [1.807, 2.05) is 12.2 Å². The maximum atomic E-state index is 3.74. The van der Waals surface area contributed by atoms with Crippen LogP contribution >= 0.6 is 0 Å². The summed E-state index contributed by atoms with van der Waals surface area (Å²) in [5, 5.41) is 0. The van der Waals surface area contributed by atoms with Crippen molar-refractivity contribution in [3.63, 3.8) is 0 Å². The Bertz CT molecular complexity index is 664. The van der Waals surface area contributed by atoms with Crippen LogP contribution in [0, 0.1) is 0 Å². The molecule has 0 bridgehead atoms. The second-order valence-electron chi connectivity index (χ2n) is 6.08. The summed E-state index contributed by atoms with van der Waals surface area (Å²) in [4.78, 5) is 4.22. The Labute approximate surface area is 146 Å². The molecule has 0 fully saturated rings. The van der Waals surface area contributed by atoms with Crippen LogP contribution in [0.4, 0.5) is 11.4 Å². The van der Waals surface area contributed by atoms with Crippen molar-refractivity contribution in [3.05, 3.63) is 90.5 Å². The molecule has 0 aliphatic carbocycles. The molecule has 0 heterocycles. The Morgan fingerprint density at radius 2 is 1.12 bits per heavy atom. The van der Waals surface area contributed by atoms with Crippen LogP contribution in [-0.4, -0.2) is 28.2 Å². The fourth-order valence-electron chi connectivity index (χ4n) is 2.47. The van der Waals surface area contributed by atoms with Crippen LogP contribution in [0.1, 0.15) is 11.1 Å². The van der Waals surface area contributed by atoms with E-state index >= 15 is 0 Å². The van der Waals surface area contributed by atoms with Crippen LogP contribution in [0.3, 0.4) is 0 Å². The van der Waals surface area contributed by atoms with Crippen LogP contribution in [0.5, 0.6) is 0 Å². The van der Waals surface area contributed by atoms with E-state index in [-0.39, 0.29) is 0 Å². The van der Waals surface area contributed by atoms with Crippen LogP contribution in [0.25, 0.3) is 5.57 Å². The average Bonchev–Trinajstić information content (AvgIpc) is 2.59. The summed E-state index contributed by atoms with van der Waals surface area (Å²) in [7, 11) is 8.22. The van der Waals surface area contributed by atoms with Crippen molar-refractivity contribution in [2.24, 2.45) is 0 Å². The molecule has 2 aromatic rings. The number of hydrogen-bond acceptors (Lipinski definition) is 2. The molecular formula is C22H26N2. The first-order valence-corrected chi connectivity index (χ1v) is 8.08. The smallest absolute Gasteiger partial charge is 0.0361 e. The molecule has 2 aromatic carbocycles.